The van der Waals surface area contributed by atoms with Crippen molar-refractivity contribution in [2.75, 3.05) is 46.0 Å². The van der Waals surface area contributed by atoms with Gasteiger partial charge in [-0.2, -0.15) is 0 Å². The van der Waals surface area contributed by atoms with Crippen molar-refractivity contribution >= 4 is 30.0 Å². The number of carbonyl (C=O) groups is 5. The molecule has 0 radical (unpaired) electrons. The summed E-state index contributed by atoms with van der Waals surface area (Å²) < 4.78 is 41.2. The highest BCUT2D eigenvalue weighted by Crippen LogP contribution is 2.21. The minimum atomic E-state index is -0.482. The van der Waals surface area contributed by atoms with Crippen LogP contribution in [0.1, 0.15) is 289 Å². The van der Waals surface area contributed by atoms with Gasteiger partial charge < -0.3 is 43.4 Å². The van der Waals surface area contributed by atoms with Crippen LogP contribution in [-0.2, 0) is 72.2 Å². The molecule has 0 spiro atoms. The number of amides is 1. The Labute approximate surface area is 486 Å². The van der Waals surface area contributed by atoms with E-state index in [1.165, 1.54) is 89.9 Å². The largest absolute Gasteiger partial charge is 0.465 e. The van der Waals surface area contributed by atoms with Gasteiger partial charge in [-0.15, -0.1) is 0 Å². The first kappa shape index (κ1) is 72.4. The molecule has 80 heavy (non-hydrogen) atoms. The molecule has 1 amide bonds. The number of nitrogens with zero attached hydrogens (tertiary/aromatic N) is 1. The Morgan fingerprint density at radius 1 is 0.450 bits per heavy atom. The molecule has 0 saturated carbocycles. The predicted molar refractivity (Wildman–Crippen MR) is 320 cm³/mol. The molecule has 14 nitrogen and oxygen atoms in total. The lowest BCUT2D eigenvalue weighted by Gasteiger charge is -2.19. The smallest absolute Gasteiger partial charge is 0.407 e. The van der Waals surface area contributed by atoms with Crippen molar-refractivity contribution < 1.29 is 57.1 Å². The number of unbranched alkanes of at least 4 members (excludes halogenated alkanes) is 20. The van der Waals surface area contributed by atoms with E-state index in [-0.39, 0.29) is 57.0 Å². The second kappa shape index (κ2) is 50.9. The van der Waals surface area contributed by atoms with Crippen LogP contribution >= 0.6 is 0 Å². The molecular formula is C66H116N2O12. The minimum Gasteiger partial charge on any atom is -0.465 e. The molecule has 1 N–H and O–H groups in total. The van der Waals surface area contributed by atoms with E-state index in [4.69, 9.17) is 33.2 Å². The quantitative estimate of drug-likeness (QED) is 0.0284. The van der Waals surface area contributed by atoms with Crippen LogP contribution in [-0.4, -0.2) is 93.3 Å². The summed E-state index contributed by atoms with van der Waals surface area (Å²) in [4.78, 5) is 67.2. The monoisotopic (exact) mass is 1130 g/mol. The molecule has 1 heterocycles. The average Bonchev–Trinajstić information content (AvgIpc) is 3.98. The van der Waals surface area contributed by atoms with Crippen molar-refractivity contribution in [1.29, 1.82) is 0 Å². The van der Waals surface area contributed by atoms with E-state index in [0.717, 1.165) is 116 Å². The number of ether oxygens (including phenoxy) is 7. The van der Waals surface area contributed by atoms with Gasteiger partial charge in [0.15, 0.2) is 6.29 Å². The molecular weight excluding hydrogens is 1010 g/mol. The third kappa shape index (κ3) is 41.3. The summed E-state index contributed by atoms with van der Waals surface area (Å²) in [7, 11) is 0. The number of alkyl carbamates (subject to hydrolysis) is 1. The highest BCUT2D eigenvalue weighted by atomic mass is 16.7. The van der Waals surface area contributed by atoms with Gasteiger partial charge in [0.2, 0.25) is 0 Å². The van der Waals surface area contributed by atoms with E-state index in [9.17, 15) is 24.0 Å². The fraction of sp³-hybridized carbons (Fsp3) is 0.833. The van der Waals surface area contributed by atoms with Crippen LogP contribution in [0.2, 0.25) is 0 Å². The normalized spacial score (nSPS) is 13.3. The maximum absolute atomic E-state index is 13.3. The average molecular weight is 1130 g/mol. The molecule has 0 bridgehead atoms. The molecule has 2 atom stereocenters. The third-order valence-electron chi connectivity index (χ3n) is 15.1. The zero-order valence-corrected chi connectivity index (χ0v) is 51.5. The fourth-order valence-corrected chi connectivity index (χ4v) is 10.1. The molecule has 1 fully saturated rings. The summed E-state index contributed by atoms with van der Waals surface area (Å²) in [6.07, 6.45) is 33.7. The molecule has 1 aromatic rings. The molecule has 1 aromatic carbocycles. The Morgan fingerprint density at radius 3 is 1.38 bits per heavy atom. The Morgan fingerprint density at radius 2 is 0.863 bits per heavy atom. The second-order valence-electron chi connectivity index (χ2n) is 22.7. The standard InChI is InChI=1S/C66H116N2O12/c1-6-11-16-20-24-32-47-74-65(75-48-33-25-21-17-12-7-2)42-41-64(72)79-55-59-50-57(53-77-62(70)38-29-23-22-28-37-61(69)76-52-56(34-15-10-5)35-26-18-13-8-3)49-58(51-59)54-78-63(71)40-39-60(36-27-19-14-9-4)80-66(73)67-43-46-68-44-30-31-45-68/h49-51,56,60,65H,6-48,52-55H2,1-5H3,(H,67,73). The number of esters is 4. The summed E-state index contributed by atoms with van der Waals surface area (Å²) in [5, 5.41) is 2.89. The van der Waals surface area contributed by atoms with Crippen molar-refractivity contribution in [2.24, 2.45) is 5.92 Å². The molecule has 0 aromatic heterocycles. The van der Waals surface area contributed by atoms with Crippen LogP contribution in [0.5, 0.6) is 0 Å². The summed E-state index contributed by atoms with van der Waals surface area (Å²) in [5.74, 6) is -0.818. The van der Waals surface area contributed by atoms with Gasteiger partial charge in [-0.3, -0.25) is 19.2 Å². The van der Waals surface area contributed by atoms with Gasteiger partial charge >= 0.3 is 30.0 Å². The highest BCUT2D eigenvalue weighted by molar-refractivity contribution is 5.71. The molecule has 1 aliphatic rings. The van der Waals surface area contributed by atoms with E-state index in [2.05, 4.69) is 44.8 Å². The molecule has 14 heteroatoms. The zero-order chi connectivity index (χ0) is 57.9. The number of nitrogens with one attached hydrogen (secondary N) is 1. The van der Waals surface area contributed by atoms with Crippen LogP contribution in [0.25, 0.3) is 0 Å². The number of hydrogen-bond acceptors (Lipinski definition) is 13. The minimum absolute atomic E-state index is 0.00400. The number of rotatable bonds is 54. The van der Waals surface area contributed by atoms with Crippen molar-refractivity contribution in [1.82, 2.24) is 10.2 Å². The van der Waals surface area contributed by atoms with Gasteiger partial charge in [-0.05, 0) is 125 Å². The van der Waals surface area contributed by atoms with Crippen LogP contribution in [0, 0.1) is 5.92 Å². The Bertz CT molecular complexity index is 1690. The molecule has 2 rings (SSSR count). The summed E-state index contributed by atoms with van der Waals surface area (Å²) in [5.41, 5.74) is 2.01. The summed E-state index contributed by atoms with van der Waals surface area (Å²) in [6, 6.07) is 5.52. The third-order valence-corrected chi connectivity index (χ3v) is 15.1. The summed E-state index contributed by atoms with van der Waals surface area (Å²) in [6.45, 7) is 16.1. The van der Waals surface area contributed by atoms with Crippen molar-refractivity contribution in [3.05, 3.63) is 34.9 Å². The number of likely N-dealkylation sites (tertiary alicyclic amines) is 1. The maximum Gasteiger partial charge on any atom is 0.407 e. The number of hydrogen-bond donors (Lipinski definition) is 1. The number of benzene rings is 1. The molecule has 462 valence electrons. The van der Waals surface area contributed by atoms with E-state index in [0.29, 0.717) is 81.1 Å². The van der Waals surface area contributed by atoms with E-state index >= 15 is 0 Å². The van der Waals surface area contributed by atoms with Crippen molar-refractivity contribution in [3.63, 3.8) is 0 Å². The zero-order valence-electron chi connectivity index (χ0n) is 51.5. The second-order valence-corrected chi connectivity index (χ2v) is 22.7. The Balaban J connectivity index is 2.02. The lowest BCUT2D eigenvalue weighted by molar-refractivity contribution is -0.160. The van der Waals surface area contributed by atoms with Gasteiger partial charge in [0.1, 0.15) is 25.9 Å². The van der Waals surface area contributed by atoms with Crippen LogP contribution < -0.4 is 5.32 Å². The van der Waals surface area contributed by atoms with Gasteiger partial charge in [0.25, 0.3) is 0 Å². The van der Waals surface area contributed by atoms with Crippen LogP contribution in [0.3, 0.4) is 0 Å². The van der Waals surface area contributed by atoms with Gasteiger partial charge in [-0.25, -0.2) is 4.79 Å². The first-order chi connectivity index (χ1) is 39.1. The Kier molecular flexibility index (Phi) is 46.1. The SMILES string of the molecule is CCCCCCCCOC(CCC(=O)OCc1cc(COC(=O)CCCCCCC(=O)OCC(CCCC)CCCCCC)cc(COC(=O)CCC(CCCCCC)OC(=O)NCCN2CCCC2)c1)OCCCCCCCC. The van der Waals surface area contributed by atoms with E-state index in [1.807, 2.05) is 18.2 Å². The molecule has 1 saturated heterocycles. The fourth-order valence-electron chi connectivity index (χ4n) is 10.1. The van der Waals surface area contributed by atoms with E-state index in [1.54, 1.807) is 0 Å². The van der Waals surface area contributed by atoms with E-state index < -0.39 is 24.5 Å². The van der Waals surface area contributed by atoms with Crippen LogP contribution in [0.4, 0.5) is 4.79 Å². The maximum atomic E-state index is 13.3. The van der Waals surface area contributed by atoms with Crippen molar-refractivity contribution in [3.8, 4) is 0 Å². The van der Waals surface area contributed by atoms with Crippen molar-refractivity contribution in [2.45, 2.75) is 304 Å². The van der Waals surface area contributed by atoms with Crippen LogP contribution in [0.15, 0.2) is 18.2 Å². The number of carbonyl (C=O) groups excluding carboxylic acids is 5. The lowest BCUT2D eigenvalue weighted by atomic mass is 9.96. The first-order valence-electron chi connectivity index (χ1n) is 32.7. The molecule has 0 aliphatic carbocycles. The Hall–Kier alpha value is -3.75. The predicted octanol–water partition coefficient (Wildman–Crippen LogP) is 16.3. The summed E-state index contributed by atoms with van der Waals surface area (Å²) >= 11 is 0. The van der Waals surface area contributed by atoms with Gasteiger partial charge in [0.05, 0.1) is 13.0 Å². The van der Waals surface area contributed by atoms with Gasteiger partial charge in [-0.1, -0.05) is 169 Å². The topological polar surface area (TPSA) is 165 Å². The first-order valence-corrected chi connectivity index (χ1v) is 32.7. The van der Waals surface area contributed by atoms with Gasteiger partial charge in [0, 0.05) is 52.0 Å². The molecule has 1 aliphatic heterocycles. The lowest BCUT2D eigenvalue weighted by Crippen LogP contribution is -2.35. The molecule has 2 unspecified atom stereocenters. The highest BCUT2D eigenvalue weighted by Gasteiger charge is 2.20.